The first-order chi connectivity index (χ1) is 18.9. The van der Waals surface area contributed by atoms with Gasteiger partial charge in [0.05, 0.1) is 22.6 Å². The SMILES string of the molecule is CCCCCCCCCCCCOc1c2ccsc2c(OCCCCCCCCCCCC)c2ccsc12. The fraction of sp³-hybridized carbons (Fsp3) is 0.706. The molecular weight excluding hydrogens is 505 g/mol. The molecule has 1 aromatic carbocycles. The van der Waals surface area contributed by atoms with E-state index in [0.29, 0.717) is 0 Å². The summed E-state index contributed by atoms with van der Waals surface area (Å²) in [4.78, 5) is 0. The van der Waals surface area contributed by atoms with E-state index in [-0.39, 0.29) is 0 Å². The van der Waals surface area contributed by atoms with Crippen molar-refractivity contribution in [2.24, 2.45) is 0 Å². The summed E-state index contributed by atoms with van der Waals surface area (Å²) in [6.07, 6.45) is 27.0. The minimum atomic E-state index is 0.813. The Morgan fingerprint density at radius 2 is 0.763 bits per heavy atom. The molecule has 3 aromatic rings. The van der Waals surface area contributed by atoms with Crippen molar-refractivity contribution < 1.29 is 9.47 Å². The number of thiophene rings is 2. The van der Waals surface area contributed by atoms with Gasteiger partial charge in [-0.2, -0.15) is 0 Å². The van der Waals surface area contributed by atoms with Crippen molar-refractivity contribution in [1.82, 2.24) is 0 Å². The van der Waals surface area contributed by atoms with Gasteiger partial charge in [-0.25, -0.2) is 0 Å². The molecule has 0 aliphatic heterocycles. The van der Waals surface area contributed by atoms with Crippen LogP contribution >= 0.6 is 22.7 Å². The Morgan fingerprint density at radius 3 is 1.11 bits per heavy atom. The Morgan fingerprint density at radius 1 is 0.447 bits per heavy atom. The fourth-order valence-electron chi connectivity index (χ4n) is 5.39. The zero-order chi connectivity index (χ0) is 26.7. The lowest BCUT2D eigenvalue weighted by molar-refractivity contribution is 0.307. The first kappa shape index (κ1) is 31.3. The molecule has 0 radical (unpaired) electrons. The Kier molecular flexibility index (Phi) is 16.2. The molecule has 0 fully saturated rings. The predicted octanol–water partition coefficient (Wildman–Crippen LogP) is 12.7. The van der Waals surface area contributed by atoms with Gasteiger partial charge in [-0.1, -0.05) is 129 Å². The highest BCUT2D eigenvalue weighted by Crippen LogP contribution is 2.47. The fourth-order valence-corrected chi connectivity index (χ4v) is 7.19. The topological polar surface area (TPSA) is 18.5 Å². The molecule has 0 saturated carbocycles. The molecule has 0 N–H and O–H groups in total. The molecule has 0 atom stereocenters. The summed E-state index contributed by atoms with van der Waals surface area (Å²) in [5.41, 5.74) is 0. The van der Waals surface area contributed by atoms with Gasteiger partial charge in [-0.05, 0) is 35.7 Å². The number of unbranched alkanes of at least 4 members (excludes halogenated alkanes) is 18. The first-order valence-corrected chi connectivity index (χ1v) is 17.8. The molecule has 0 spiro atoms. The van der Waals surface area contributed by atoms with Crippen molar-refractivity contribution in [2.75, 3.05) is 13.2 Å². The third-order valence-electron chi connectivity index (χ3n) is 7.72. The van der Waals surface area contributed by atoms with Crippen LogP contribution in [0.25, 0.3) is 20.2 Å². The zero-order valence-corrected chi connectivity index (χ0v) is 26.1. The van der Waals surface area contributed by atoms with E-state index >= 15 is 0 Å². The van der Waals surface area contributed by atoms with Gasteiger partial charge in [0.1, 0.15) is 11.5 Å². The second kappa shape index (κ2) is 19.7. The summed E-state index contributed by atoms with van der Waals surface area (Å²) in [6.45, 7) is 6.20. The minimum absolute atomic E-state index is 0.813. The van der Waals surface area contributed by atoms with Crippen LogP contribution in [-0.4, -0.2) is 13.2 Å². The summed E-state index contributed by atoms with van der Waals surface area (Å²) in [5, 5.41) is 6.84. The van der Waals surface area contributed by atoms with Gasteiger partial charge in [0, 0.05) is 10.8 Å². The number of hydrogen-bond acceptors (Lipinski definition) is 4. The summed E-state index contributed by atoms with van der Waals surface area (Å²) in [6, 6.07) is 4.45. The van der Waals surface area contributed by atoms with Gasteiger partial charge in [0.15, 0.2) is 0 Å². The maximum Gasteiger partial charge on any atom is 0.146 e. The highest BCUT2D eigenvalue weighted by Gasteiger charge is 2.18. The third-order valence-corrected chi connectivity index (χ3v) is 9.55. The molecule has 0 aliphatic rings. The van der Waals surface area contributed by atoms with Crippen LogP contribution in [0.15, 0.2) is 22.9 Å². The van der Waals surface area contributed by atoms with Crippen molar-refractivity contribution in [1.29, 1.82) is 0 Å². The summed E-state index contributed by atoms with van der Waals surface area (Å²) in [5.74, 6) is 2.15. The normalized spacial score (nSPS) is 11.6. The Bertz CT molecular complexity index is 862. The van der Waals surface area contributed by atoms with E-state index in [0.717, 1.165) is 37.6 Å². The van der Waals surface area contributed by atoms with Crippen molar-refractivity contribution in [2.45, 2.75) is 142 Å². The van der Waals surface area contributed by atoms with Crippen LogP contribution in [0.5, 0.6) is 11.5 Å². The van der Waals surface area contributed by atoms with Crippen LogP contribution in [0.2, 0.25) is 0 Å². The highest BCUT2D eigenvalue weighted by atomic mass is 32.1. The van der Waals surface area contributed by atoms with Crippen molar-refractivity contribution in [3.8, 4) is 11.5 Å². The maximum atomic E-state index is 6.45. The number of benzene rings is 1. The lowest BCUT2D eigenvalue weighted by Gasteiger charge is -2.14. The van der Waals surface area contributed by atoms with Crippen molar-refractivity contribution >= 4 is 42.8 Å². The molecule has 2 aromatic heterocycles. The molecule has 38 heavy (non-hydrogen) atoms. The van der Waals surface area contributed by atoms with Crippen molar-refractivity contribution in [3.63, 3.8) is 0 Å². The molecule has 2 heterocycles. The third kappa shape index (κ3) is 10.7. The van der Waals surface area contributed by atoms with Crippen LogP contribution in [0.4, 0.5) is 0 Å². The van der Waals surface area contributed by atoms with Gasteiger partial charge in [0.2, 0.25) is 0 Å². The first-order valence-electron chi connectivity index (χ1n) is 16.0. The molecule has 0 amide bonds. The molecule has 0 unspecified atom stereocenters. The van der Waals surface area contributed by atoms with Crippen LogP contribution in [0, 0.1) is 0 Å². The van der Waals surface area contributed by atoms with Crippen molar-refractivity contribution in [3.05, 3.63) is 22.9 Å². The quantitative estimate of drug-likeness (QED) is 0.102. The van der Waals surface area contributed by atoms with E-state index in [1.165, 1.54) is 136 Å². The molecule has 0 saturated heterocycles. The Labute approximate surface area is 241 Å². The van der Waals surface area contributed by atoms with E-state index in [1.807, 2.05) is 0 Å². The largest absolute Gasteiger partial charge is 0.491 e. The van der Waals surface area contributed by atoms with Gasteiger partial charge >= 0.3 is 0 Å². The van der Waals surface area contributed by atoms with Crippen LogP contribution in [0.1, 0.15) is 142 Å². The smallest absolute Gasteiger partial charge is 0.146 e. The molecule has 4 heteroatoms. The number of fused-ring (bicyclic) bond motifs is 2. The lowest BCUT2D eigenvalue weighted by atomic mass is 10.1. The zero-order valence-electron chi connectivity index (χ0n) is 24.5. The minimum Gasteiger partial charge on any atom is -0.491 e. The summed E-state index contributed by atoms with van der Waals surface area (Å²) < 4.78 is 15.4. The number of ether oxygens (including phenoxy) is 2. The van der Waals surface area contributed by atoms with E-state index in [9.17, 15) is 0 Å². The average molecular weight is 559 g/mol. The molecule has 3 rings (SSSR count). The van der Waals surface area contributed by atoms with Crippen LogP contribution < -0.4 is 9.47 Å². The second-order valence-corrected chi connectivity index (χ2v) is 12.9. The molecule has 214 valence electrons. The molecular formula is C34H54O2S2. The molecule has 0 aliphatic carbocycles. The van der Waals surface area contributed by atoms with Gasteiger partial charge in [-0.15, -0.1) is 22.7 Å². The van der Waals surface area contributed by atoms with E-state index in [1.54, 1.807) is 22.7 Å². The molecule has 2 nitrogen and oxygen atoms in total. The average Bonchev–Trinajstić information content (AvgIpc) is 3.61. The Balaban J connectivity index is 1.38. The van der Waals surface area contributed by atoms with Crippen LogP contribution in [0.3, 0.4) is 0 Å². The number of rotatable bonds is 24. The van der Waals surface area contributed by atoms with E-state index in [4.69, 9.17) is 9.47 Å². The Hall–Kier alpha value is -1.26. The highest BCUT2D eigenvalue weighted by molar-refractivity contribution is 7.19. The predicted molar refractivity (Wildman–Crippen MR) is 172 cm³/mol. The summed E-state index contributed by atoms with van der Waals surface area (Å²) in [7, 11) is 0. The lowest BCUT2D eigenvalue weighted by Crippen LogP contribution is -2.00. The second-order valence-electron chi connectivity index (χ2n) is 11.0. The summed E-state index contributed by atoms with van der Waals surface area (Å²) >= 11 is 3.58. The van der Waals surface area contributed by atoms with Gasteiger partial charge < -0.3 is 9.47 Å². The monoisotopic (exact) mass is 558 g/mol. The van der Waals surface area contributed by atoms with Crippen LogP contribution in [-0.2, 0) is 0 Å². The van der Waals surface area contributed by atoms with E-state index < -0.39 is 0 Å². The maximum absolute atomic E-state index is 6.45. The number of hydrogen-bond donors (Lipinski definition) is 0. The standard InChI is InChI=1S/C34H54O2S2/c1-3-5-7-9-11-13-15-17-19-21-25-35-31-29-23-27-38-34(29)32(30-24-28-37-33(30)31)36-26-22-20-18-16-14-12-10-8-6-4-2/h23-24,27-28H,3-22,25-26H2,1-2H3. The molecule has 0 bridgehead atoms. The van der Waals surface area contributed by atoms with Gasteiger partial charge in [0.25, 0.3) is 0 Å². The van der Waals surface area contributed by atoms with E-state index in [2.05, 4.69) is 36.7 Å². The van der Waals surface area contributed by atoms with Gasteiger partial charge in [-0.3, -0.25) is 0 Å².